The molecule has 4 nitrogen and oxygen atoms in total. The van der Waals surface area contributed by atoms with Gasteiger partial charge in [0.05, 0.1) is 29.2 Å². The molecule has 0 spiro atoms. The number of benzene rings is 1. The van der Waals surface area contributed by atoms with Gasteiger partial charge in [-0.05, 0) is 48.9 Å². The van der Waals surface area contributed by atoms with Gasteiger partial charge in [-0.3, -0.25) is 14.5 Å². The molecule has 104 valence electrons. The number of nitriles is 1. The number of rotatable bonds is 1. The maximum Gasteiger partial charge on any atom is 0.238 e. The first kappa shape index (κ1) is 12.3. The van der Waals surface area contributed by atoms with Crippen LogP contribution in [0.15, 0.2) is 36.4 Å². The Morgan fingerprint density at radius 2 is 1.48 bits per heavy atom. The second kappa shape index (κ2) is 4.29. The van der Waals surface area contributed by atoms with Crippen molar-refractivity contribution >= 4 is 17.5 Å². The minimum absolute atomic E-state index is 0.0752. The van der Waals surface area contributed by atoms with Crippen molar-refractivity contribution in [2.45, 2.75) is 12.8 Å². The summed E-state index contributed by atoms with van der Waals surface area (Å²) in [5.41, 5.74) is 1.11. The van der Waals surface area contributed by atoms with E-state index in [0.717, 1.165) is 12.8 Å². The summed E-state index contributed by atoms with van der Waals surface area (Å²) in [6.07, 6.45) is 6.23. The monoisotopic (exact) mass is 278 g/mol. The third-order valence-electron chi connectivity index (χ3n) is 5.01. The summed E-state index contributed by atoms with van der Waals surface area (Å²) in [4.78, 5) is 26.7. The van der Waals surface area contributed by atoms with Gasteiger partial charge >= 0.3 is 0 Å². The smallest absolute Gasteiger partial charge is 0.238 e. The van der Waals surface area contributed by atoms with Crippen LogP contribution in [0.1, 0.15) is 18.4 Å². The highest BCUT2D eigenvalue weighted by Gasteiger charge is 2.56. The van der Waals surface area contributed by atoms with Gasteiger partial charge in [0.15, 0.2) is 0 Å². The van der Waals surface area contributed by atoms with E-state index >= 15 is 0 Å². The van der Waals surface area contributed by atoms with E-state index in [1.807, 2.05) is 6.07 Å². The van der Waals surface area contributed by atoms with E-state index in [2.05, 4.69) is 12.2 Å². The molecule has 1 saturated heterocycles. The molecule has 5 rings (SSSR count). The molecule has 2 fully saturated rings. The minimum atomic E-state index is -0.183. The topological polar surface area (TPSA) is 61.2 Å². The molecule has 0 N–H and O–H groups in total. The quantitative estimate of drug-likeness (QED) is 0.584. The Morgan fingerprint density at radius 3 is 1.90 bits per heavy atom. The fourth-order valence-corrected chi connectivity index (χ4v) is 4.01. The molecule has 1 heterocycles. The summed E-state index contributed by atoms with van der Waals surface area (Å²) >= 11 is 0. The Morgan fingerprint density at radius 1 is 0.952 bits per heavy atom. The average Bonchev–Trinajstić information content (AvgIpc) is 2.82. The van der Waals surface area contributed by atoms with Gasteiger partial charge in [0.2, 0.25) is 11.8 Å². The molecule has 0 aromatic heterocycles. The number of imide groups is 1. The minimum Gasteiger partial charge on any atom is -0.274 e. The molecular formula is C17H14N2O2. The van der Waals surface area contributed by atoms with Gasteiger partial charge in [0.25, 0.3) is 0 Å². The van der Waals surface area contributed by atoms with E-state index in [4.69, 9.17) is 5.26 Å². The molecule has 0 unspecified atom stereocenters. The molecule has 2 bridgehead atoms. The normalized spacial score (nSPS) is 33.2. The summed E-state index contributed by atoms with van der Waals surface area (Å²) in [6.45, 7) is 0. The van der Waals surface area contributed by atoms with Gasteiger partial charge in [-0.15, -0.1) is 0 Å². The highest BCUT2D eigenvalue weighted by atomic mass is 16.2. The van der Waals surface area contributed by atoms with Crippen molar-refractivity contribution in [3.63, 3.8) is 0 Å². The molecule has 0 radical (unpaired) electrons. The zero-order valence-electron chi connectivity index (χ0n) is 11.4. The molecule has 1 saturated carbocycles. The van der Waals surface area contributed by atoms with Crippen LogP contribution in [0.3, 0.4) is 0 Å². The van der Waals surface area contributed by atoms with Gasteiger partial charge < -0.3 is 0 Å². The molecule has 3 aliphatic carbocycles. The predicted molar refractivity (Wildman–Crippen MR) is 76.0 cm³/mol. The maximum absolute atomic E-state index is 12.7. The Hall–Kier alpha value is -2.41. The Kier molecular flexibility index (Phi) is 2.52. The van der Waals surface area contributed by atoms with Crippen molar-refractivity contribution in [2.75, 3.05) is 4.90 Å². The van der Waals surface area contributed by atoms with Crippen LogP contribution in [0.4, 0.5) is 5.69 Å². The molecule has 4 atom stereocenters. The van der Waals surface area contributed by atoms with Gasteiger partial charge in [-0.1, -0.05) is 12.2 Å². The molecule has 4 aliphatic rings. The second-order valence-electron chi connectivity index (χ2n) is 6.01. The highest BCUT2D eigenvalue weighted by molar-refractivity contribution is 6.22. The zero-order chi connectivity index (χ0) is 14.6. The van der Waals surface area contributed by atoms with Crippen LogP contribution in [-0.4, -0.2) is 11.8 Å². The summed E-state index contributed by atoms with van der Waals surface area (Å²) in [5.74, 6) is -0.101. The van der Waals surface area contributed by atoms with Crippen LogP contribution in [0.2, 0.25) is 0 Å². The molecule has 2 amide bonds. The summed E-state index contributed by atoms with van der Waals surface area (Å²) in [5, 5.41) is 8.84. The van der Waals surface area contributed by atoms with Crippen LogP contribution < -0.4 is 4.90 Å². The summed E-state index contributed by atoms with van der Waals surface area (Å²) in [6, 6.07) is 8.69. The molecule has 1 aromatic carbocycles. The first-order valence-electron chi connectivity index (χ1n) is 7.27. The number of amides is 2. The molecule has 1 aromatic rings. The largest absolute Gasteiger partial charge is 0.274 e. The van der Waals surface area contributed by atoms with Crippen LogP contribution in [0, 0.1) is 35.0 Å². The van der Waals surface area contributed by atoms with E-state index in [1.165, 1.54) is 4.90 Å². The van der Waals surface area contributed by atoms with E-state index in [-0.39, 0.29) is 35.5 Å². The summed E-state index contributed by atoms with van der Waals surface area (Å²) in [7, 11) is 0. The number of fused-ring (bicyclic) bond motifs is 1. The standard InChI is InChI=1S/C17H14N2O2/c18-9-10-1-7-13(8-2-10)19-16(20)14-11-3-4-12(6-5-11)15(14)17(19)21/h1-4,7-8,11-12,14-15H,5-6H2/t11-,12-,14-,15-/m0/s1. The maximum atomic E-state index is 12.7. The van der Waals surface area contributed by atoms with E-state index in [9.17, 15) is 9.59 Å². The lowest BCUT2D eigenvalue weighted by Gasteiger charge is -2.38. The van der Waals surface area contributed by atoms with Crippen molar-refractivity contribution in [2.24, 2.45) is 23.7 Å². The van der Waals surface area contributed by atoms with Crippen molar-refractivity contribution < 1.29 is 9.59 Å². The summed E-state index contributed by atoms with van der Waals surface area (Å²) < 4.78 is 0. The Labute approximate surface area is 122 Å². The van der Waals surface area contributed by atoms with Crippen molar-refractivity contribution in [3.8, 4) is 6.07 Å². The highest BCUT2D eigenvalue weighted by Crippen LogP contribution is 2.50. The molecule has 21 heavy (non-hydrogen) atoms. The van der Waals surface area contributed by atoms with E-state index < -0.39 is 0 Å². The average molecular weight is 278 g/mol. The lowest BCUT2D eigenvalue weighted by atomic mass is 9.63. The van der Waals surface area contributed by atoms with Gasteiger partial charge in [0, 0.05) is 0 Å². The number of carbonyl (C=O) groups is 2. The van der Waals surface area contributed by atoms with Crippen LogP contribution >= 0.6 is 0 Å². The van der Waals surface area contributed by atoms with Crippen molar-refractivity contribution in [1.29, 1.82) is 5.26 Å². The first-order chi connectivity index (χ1) is 10.2. The third-order valence-corrected chi connectivity index (χ3v) is 5.01. The number of hydrogen-bond donors (Lipinski definition) is 0. The van der Waals surface area contributed by atoms with Crippen LogP contribution in [0.5, 0.6) is 0 Å². The van der Waals surface area contributed by atoms with Crippen LogP contribution in [-0.2, 0) is 9.59 Å². The van der Waals surface area contributed by atoms with Crippen molar-refractivity contribution in [1.82, 2.24) is 0 Å². The van der Waals surface area contributed by atoms with E-state index in [1.54, 1.807) is 24.3 Å². The van der Waals surface area contributed by atoms with Gasteiger partial charge in [0.1, 0.15) is 0 Å². The van der Waals surface area contributed by atoms with Gasteiger partial charge in [-0.2, -0.15) is 5.26 Å². The first-order valence-corrected chi connectivity index (χ1v) is 7.27. The van der Waals surface area contributed by atoms with Gasteiger partial charge in [-0.25, -0.2) is 0 Å². The molecule has 1 aliphatic heterocycles. The van der Waals surface area contributed by atoms with Crippen LogP contribution in [0.25, 0.3) is 0 Å². The number of carbonyl (C=O) groups excluding carboxylic acids is 2. The predicted octanol–water partition coefficient (Wildman–Crippen LogP) is 2.26. The lowest BCUT2D eigenvalue weighted by Crippen LogP contribution is -2.38. The number of allylic oxidation sites excluding steroid dienone is 2. The number of anilines is 1. The zero-order valence-corrected chi connectivity index (χ0v) is 11.4. The second-order valence-corrected chi connectivity index (χ2v) is 6.01. The molecule has 4 heteroatoms. The Bertz CT molecular complexity index is 666. The SMILES string of the molecule is N#Cc1ccc(N2C(=O)[C@@H]3[C@@H](C2=O)[C@H]2C=C[C@H]3CC2)cc1. The lowest BCUT2D eigenvalue weighted by molar-refractivity contribution is -0.124. The number of hydrogen-bond acceptors (Lipinski definition) is 3. The third kappa shape index (κ3) is 1.61. The molecular weight excluding hydrogens is 264 g/mol. The fraction of sp³-hybridized carbons (Fsp3) is 0.353. The Balaban J connectivity index is 1.73. The number of nitrogens with zero attached hydrogens (tertiary/aromatic N) is 2. The van der Waals surface area contributed by atoms with E-state index in [0.29, 0.717) is 11.3 Å². The van der Waals surface area contributed by atoms with Crippen molar-refractivity contribution in [3.05, 3.63) is 42.0 Å². The fourth-order valence-electron chi connectivity index (χ4n) is 4.01.